The first-order valence-electron chi connectivity index (χ1n) is 4.64. The molecule has 1 unspecified atom stereocenters. The van der Waals surface area contributed by atoms with Crippen molar-refractivity contribution in [3.8, 4) is 0 Å². The van der Waals surface area contributed by atoms with Gasteiger partial charge in [-0.1, -0.05) is 13.0 Å². The number of carbonyl (C=O) groups excluding carboxylic acids is 1. The van der Waals surface area contributed by atoms with Crippen LogP contribution in [-0.4, -0.2) is 10.8 Å². The summed E-state index contributed by atoms with van der Waals surface area (Å²) in [4.78, 5) is 14.6. The molecule has 2 heteroatoms. The smallest absolute Gasteiger partial charge is 0.156 e. The predicted molar refractivity (Wildman–Crippen MR) is 52.4 cm³/mol. The van der Waals surface area contributed by atoms with E-state index >= 15 is 0 Å². The molecule has 68 valence electrons. The highest BCUT2D eigenvalue weighted by atomic mass is 16.1. The number of hydrogen-bond donors (Lipinski definition) is 1. The van der Waals surface area contributed by atoms with Crippen LogP contribution in [0.25, 0.3) is 12.2 Å². The predicted octanol–water partition coefficient (Wildman–Crippen LogP) is 0.575. The number of aromatic amines is 1. The molecule has 0 bridgehead atoms. The molecule has 0 saturated heterocycles. The normalized spacial score (nSPS) is 24.8. The topological polar surface area (TPSA) is 32.9 Å². The van der Waals surface area contributed by atoms with Gasteiger partial charge in [-0.3, -0.25) is 4.79 Å². The fraction of sp³-hybridized carbons (Fsp3) is 0.364. The van der Waals surface area contributed by atoms with Crippen molar-refractivity contribution >= 4 is 17.9 Å². The molecule has 1 aliphatic rings. The van der Waals surface area contributed by atoms with Gasteiger partial charge in [0, 0.05) is 23.2 Å². The van der Waals surface area contributed by atoms with Gasteiger partial charge in [0.25, 0.3) is 0 Å². The second-order valence-electron chi connectivity index (χ2n) is 3.71. The number of aromatic nitrogens is 1. The SMILES string of the molecule is CC1CC=c2[nH]cc/c2=C/C(=O)C1. The Kier molecular flexibility index (Phi) is 2.05. The maximum Gasteiger partial charge on any atom is 0.156 e. The van der Waals surface area contributed by atoms with Gasteiger partial charge in [0.1, 0.15) is 0 Å². The van der Waals surface area contributed by atoms with Gasteiger partial charge in [-0.05, 0) is 24.5 Å². The van der Waals surface area contributed by atoms with Crippen LogP contribution >= 0.6 is 0 Å². The fourth-order valence-corrected chi connectivity index (χ4v) is 1.68. The highest BCUT2D eigenvalue weighted by Gasteiger charge is 2.07. The minimum atomic E-state index is 0.237. The van der Waals surface area contributed by atoms with E-state index < -0.39 is 0 Å². The summed E-state index contributed by atoms with van der Waals surface area (Å²) in [5.74, 6) is 0.696. The van der Waals surface area contributed by atoms with Gasteiger partial charge in [-0.25, -0.2) is 0 Å². The number of ketones is 1. The van der Waals surface area contributed by atoms with Crippen LogP contribution < -0.4 is 10.6 Å². The van der Waals surface area contributed by atoms with Crippen LogP contribution in [0.2, 0.25) is 0 Å². The molecule has 1 aliphatic carbocycles. The van der Waals surface area contributed by atoms with Gasteiger partial charge in [0.2, 0.25) is 0 Å². The zero-order valence-electron chi connectivity index (χ0n) is 7.71. The minimum Gasteiger partial charge on any atom is -0.361 e. The van der Waals surface area contributed by atoms with E-state index in [-0.39, 0.29) is 5.78 Å². The van der Waals surface area contributed by atoms with Crippen molar-refractivity contribution in [2.45, 2.75) is 19.8 Å². The lowest BCUT2D eigenvalue weighted by molar-refractivity contribution is -0.114. The molecule has 13 heavy (non-hydrogen) atoms. The van der Waals surface area contributed by atoms with E-state index in [4.69, 9.17) is 0 Å². The van der Waals surface area contributed by atoms with Gasteiger partial charge in [0.15, 0.2) is 5.78 Å². The average molecular weight is 175 g/mol. The molecule has 2 nitrogen and oxygen atoms in total. The van der Waals surface area contributed by atoms with Crippen molar-refractivity contribution in [3.05, 3.63) is 22.8 Å². The fourth-order valence-electron chi connectivity index (χ4n) is 1.68. The Morgan fingerprint density at radius 2 is 2.38 bits per heavy atom. The Labute approximate surface area is 77.0 Å². The van der Waals surface area contributed by atoms with E-state index in [2.05, 4.69) is 18.0 Å². The maximum absolute atomic E-state index is 11.4. The highest BCUT2D eigenvalue weighted by Crippen LogP contribution is 2.09. The molecule has 2 rings (SSSR count). The van der Waals surface area contributed by atoms with Crippen molar-refractivity contribution in [2.24, 2.45) is 5.92 Å². The Morgan fingerprint density at radius 3 is 3.23 bits per heavy atom. The van der Waals surface area contributed by atoms with Crippen LogP contribution in [0.3, 0.4) is 0 Å². The van der Waals surface area contributed by atoms with Crippen molar-refractivity contribution in [1.82, 2.24) is 4.98 Å². The third kappa shape index (κ3) is 1.72. The molecule has 1 heterocycles. The summed E-state index contributed by atoms with van der Waals surface area (Å²) in [6, 6.07) is 1.94. The van der Waals surface area contributed by atoms with E-state index in [0.29, 0.717) is 12.3 Å². The third-order valence-corrected chi connectivity index (χ3v) is 2.40. The van der Waals surface area contributed by atoms with Gasteiger partial charge in [0.05, 0.1) is 0 Å². The Morgan fingerprint density at radius 1 is 1.54 bits per heavy atom. The Hall–Kier alpha value is -1.31. The molecular weight excluding hydrogens is 162 g/mol. The largest absolute Gasteiger partial charge is 0.361 e. The molecule has 0 aliphatic heterocycles. The second kappa shape index (κ2) is 3.21. The summed E-state index contributed by atoms with van der Waals surface area (Å²) in [7, 11) is 0. The number of rotatable bonds is 0. The minimum absolute atomic E-state index is 0.237. The summed E-state index contributed by atoms with van der Waals surface area (Å²) in [5, 5.41) is 2.11. The molecule has 1 aromatic heterocycles. The lowest BCUT2D eigenvalue weighted by Gasteiger charge is -2.06. The molecule has 1 atom stereocenters. The number of Topliss-reactive ketones (excluding diaryl/α,β-unsaturated/α-hetero) is 1. The third-order valence-electron chi connectivity index (χ3n) is 2.40. The summed E-state index contributed by atoms with van der Waals surface area (Å²) < 4.78 is 0. The molecule has 1 aromatic rings. The van der Waals surface area contributed by atoms with E-state index in [1.165, 1.54) is 0 Å². The van der Waals surface area contributed by atoms with Gasteiger partial charge in [-0.2, -0.15) is 0 Å². The average Bonchev–Trinajstić information content (AvgIpc) is 2.45. The van der Waals surface area contributed by atoms with Crippen LogP contribution in [0, 0.1) is 5.92 Å². The molecule has 0 spiro atoms. The number of hydrogen-bond acceptors (Lipinski definition) is 1. The molecular formula is C11H13NO. The standard InChI is InChI=1S/C11H13NO/c1-8-2-3-11-9(4-5-12-11)7-10(13)6-8/h3-5,7-8,12H,2,6H2,1H3/b9-7-,11-3?. The number of nitrogens with one attached hydrogen (secondary N) is 1. The van der Waals surface area contributed by atoms with Crippen LogP contribution in [-0.2, 0) is 4.79 Å². The van der Waals surface area contributed by atoms with Crippen LogP contribution in [0.4, 0.5) is 0 Å². The summed E-state index contributed by atoms with van der Waals surface area (Å²) >= 11 is 0. The zero-order chi connectivity index (χ0) is 9.26. The molecule has 0 aromatic carbocycles. The van der Waals surface area contributed by atoms with Crippen molar-refractivity contribution in [3.63, 3.8) is 0 Å². The van der Waals surface area contributed by atoms with Crippen LogP contribution in [0.5, 0.6) is 0 Å². The van der Waals surface area contributed by atoms with E-state index in [1.54, 1.807) is 6.08 Å². The lowest BCUT2D eigenvalue weighted by Crippen LogP contribution is -2.25. The summed E-state index contributed by atoms with van der Waals surface area (Å²) in [6.45, 7) is 2.11. The van der Waals surface area contributed by atoms with E-state index in [1.807, 2.05) is 12.3 Å². The first-order valence-corrected chi connectivity index (χ1v) is 4.64. The summed E-state index contributed by atoms with van der Waals surface area (Å²) in [5.41, 5.74) is 0. The maximum atomic E-state index is 11.4. The second-order valence-corrected chi connectivity index (χ2v) is 3.71. The zero-order valence-corrected chi connectivity index (χ0v) is 7.71. The molecule has 0 fully saturated rings. The van der Waals surface area contributed by atoms with E-state index in [0.717, 1.165) is 17.0 Å². The van der Waals surface area contributed by atoms with Crippen LogP contribution in [0.1, 0.15) is 19.8 Å². The number of carbonyl (C=O) groups is 1. The van der Waals surface area contributed by atoms with Gasteiger partial charge >= 0.3 is 0 Å². The van der Waals surface area contributed by atoms with Gasteiger partial charge < -0.3 is 4.98 Å². The molecule has 0 saturated carbocycles. The molecule has 1 N–H and O–H groups in total. The molecule has 0 radical (unpaired) electrons. The quantitative estimate of drug-likeness (QED) is 0.614. The Bertz CT molecular complexity index is 427. The summed E-state index contributed by atoms with van der Waals surface area (Å²) in [6.07, 6.45) is 7.43. The van der Waals surface area contributed by atoms with E-state index in [9.17, 15) is 4.79 Å². The lowest BCUT2D eigenvalue weighted by atomic mass is 9.98. The Balaban J connectivity index is 2.57. The monoisotopic (exact) mass is 175 g/mol. The van der Waals surface area contributed by atoms with Crippen molar-refractivity contribution < 1.29 is 4.79 Å². The first-order chi connectivity index (χ1) is 6.25. The van der Waals surface area contributed by atoms with Crippen molar-refractivity contribution in [2.75, 3.05) is 0 Å². The van der Waals surface area contributed by atoms with Crippen molar-refractivity contribution in [1.29, 1.82) is 0 Å². The number of H-pyrrole nitrogens is 1. The van der Waals surface area contributed by atoms with Gasteiger partial charge in [-0.15, -0.1) is 0 Å². The first kappa shape index (κ1) is 8.30. The van der Waals surface area contributed by atoms with Crippen LogP contribution in [0.15, 0.2) is 12.3 Å². The highest BCUT2D eigenvalue weighted by molar-refractivity contribution is 6.06. The molecule has 0 amide bonds. The number of fused-ring (bicyclic) bond motifs is 1.